The van der Waals surface area contributed by atoms with Crippen molar-refractivity contribution in [3.8, 4) is 0 Å². The van der Waals surface area contributed by atoms with Crippen LogP contribution < -0.4 is 10.6 Å². The number of amides is 2. The smallest absolute Gasteiger partial charge is 0.407 e. The summed E-state index contributed by atoms with van der Waals surface area (Å²) in [5.74, 6) is -0.0675. The Morgan fingerprint density at radius 2 is 2.08 bits per heavy atom. The predicted molar refractivity (Wildman–Crippen MR) is 102 cm³/mol. The number of hydrogen-bond donors (Lipinski definition) is 2. The van der Waals surface area contributed by atoms with Gasteiger partial charge in [0.15, 0.2) is 6.10 Å². The quantitative estimate of drug-likeness (QED) is 0.669. The summed E-state index contributed by atoms with van der Waals surface area (Å²) in [4.78, 5) is 29.7. The second-order valence-corrected chi connectivity index (χ2v) is 7.44. The van der Waals surface area contributed by atoms with E-state index in [9.17, 15) is 9.59 Å². The first-order chi connectivity index (χ1) is 12.4. The molecule has 8 heteroatoms. The summed E-state index contributed by atoms with van der Waals surface area (Å²) in [7, 11) is 0. The fourth-order valence-corrected chi connectivity index (χ4v) is 2.77. The minimum absolute atomic E-state index is 0.210. The molecule has 7 nitrogen and oxygen atoms in total. The van der Waals surface area contributed by atoms with Gasteiger partial charge in [0.25, 0.3) is 0 Å². The van der Waals surface area contributed by atoms with Crippen molar-refractivity contribution in [1.82, 2.24) is 10.6 Å². The van der Waals surface area contributed by atoms with Crippen LogP contribution in [0.1, 0.15) is 25.8 Å². The number of ether oxygens (including phenoxy) is 1. The van der Waals surface area contributed by atoms with Crippen molar-refractivity contribution >= 4 is 32.6 Å². The standard InChI is InChI=1S/C18H24BrN3O4/c1-12(2)11-25-18(24)21-15(8-13-6-4-3-5-7-13)17(23)20-10-14-9-16(19)22-26-14/h3-7,12,14-15H,8-11H2,1-2H3,(H,20,23)(H,21,24)/t14?,15-/m0/s1. The lowest BCUT2D eigenvalue weighted by molar-refractivity contribution is -0.123. The van der Waals surface area contributed by atoms with Gasteiger partial charge in [-0.05, 0) is 27.4 Å². The van der Waals surface area contributed by atoms with Gasteiger partial charge in [0.05, 0.1) is 13.2 Å². The largest absolute Gasteiger partial charge is 0.449 e. The SMILES string of the molecule is CC(C)COC(=O)N[C@@H](Cc1ccccc1)C(=O)NCC1CC(Br)=NO1. The van der Waals surface area contributed by atoms with Crippen LogP contribution in [-0.2, 0) is 20.8 Å². The molecule has 1 aromatic rings. The molecule has 0 aliphatic carbocycles. The summed E-state index contributed by atoms with van der Waals surface area (Å²) >= 11 is 3.26. The van der Waals surface area contributed by atoms with E-state index < -0.39 is 12.1 Å². The van der Waals surface area contributed by atoms with Crippen LogP contribution in [0, 0.1) is 5.92 Å². The topological polar surface area (TPSA) is 89.0 Å². The number of benzene rings is 1. The molecule has 1 aromatic carbocycles. The van der Waals surface area contributed by atoms with Crippen LogP contribution in [0.4, 0.5) is 4.79 Å². The van der Waals surface area contributed by atoms with Crippen LogP contribution in [0.2, 0.25) is 0 Å². The summed E-state index contributed by atoms with van der Waals surface area (Å²) < 4.78 is 5.85. The number of nitrogens with zero attached hydrogens (tertiary/aromatic N) is 1. The predicted octanol–water partition coefficient (Wildman–Crippen LogP) is 2.59. The van der Waals surface area contributed by atoms with E-state index >= 15 is 0 Å². The van der Waals surface area contributed by atoms with Crippen molar-refractivity contribution in [2.75, 3.05) is 13.2 Å². The third-order valence-electron chi connectivity index (χ3n) is 3.64. The Labute approximate surface area is 161 Å². The maximum atomic E-state index is 12.6. The third kappa shape index (κ3) is 7.03. The summed E-state index contributed by atoms with van der Waals surface area (Å²) in [5.41, 5.74) is 0.944. The van der Waals surface area contributed by atoms with Crippen molar-refractivity contribution in [3.05, 3.63) is 35.9 Å². The van der Waals surface area contributed by atoms with Crippen molar-refractivity contribution in [2.45, 2.75) is 38.8 Å². The van der Waals surface area contributed by atoms with Crippen molar-refractivity contribution < 1.29 is 19.2 Å². The zero-order valence-electron chi connectivity index (χ0n) is 14.9. The number of hydrogen-bond acceptors (Lipinski definition) is 5. The number of nitrogens with one attached hydrogen (secondary N) is 2. The Morgan fingerprint density at radius 1 is 1.35 bits per heavy atom. The first kappa shape index (κ1) is 20.2. The van der Waals surface area contributed by atoms with E-state index in [-0.39, 0.29) is 17.9 Å². The van der Waals surface area contributed by atoms with Crippen LogP contribution in [0.3, 0.4) is 0 Å². The number of oxime groups is 1. The molecular weight excluding hydrogens is 402 g/mol. The molecule has 26 heavy (non-hydrogen) atoms. The molecular formula is C18H24BrN3O4. The molecule has 1 aliphatic rings. The molecule has 0 saturated heterocycles. The van der Waals surface area contributed by atoms with Gasteiger partial charge in [0.1, 0.15) is 10.7 Å². The van der Waals surface area contributed by atoms with Gasteiger partial charge in [-0.1, -0.05) is 49.3 Å². The average molecular weight is 426 g/mol. The van der Waals surface area contributed by atoms with Crippen molar-refractivity contribution in [3.63, 3.8) is 0 Å². The van der Waals surface area contributed by atoms with Crippen LogP contribution in [-0.4, -0.2) is 41.9 Å². The molecule has 2 amide bonds. The van der Waals surface area contributed by atoms with E-state index in [2.05, 4.69) is 31.7 Å². The highest BCUT2D eigenvalue weighted by atomic mass is 79.9. The summed E-state index contributed by atoms with van der Waals surface area (Å²) in [5, 5.41) is 9.25. The first-order valence-electron chi connectivity index (χ1n) is 8.57. The molecule has 1 heterocycles. The molecule has 0 aromatic heterocycles. The highest BCUT2D eigenvalue weighted by Crippen LogP contribution is 2.13. The number of halogens is 1. The zero-order valence-corrected chi connectivity index (χ0v) is 16.5. The highest BCUT2D eigenvalue weighted by molar-refractivity contribution is 9.18. The van der Waals surface area contributed by atoms with Crippen LogP contribution in [0.25, 0.3) is 0 Å². The van der Waals surface area contributed by atoms with E-state index in [1.165, 1.54) is 0 Å². The molecule has 0 spiro atoms. The fraction of sp³-hybridized carbons (Fsp3) is 0.500. The number of rotatable bonds is 8. The maximum Gasteiger partial charge on any atom is 0.407 e. The van der Waals surface area contributed by atoms with Gasteiger partial charge in [-0.2, -0.15) is 0 Å². The maximum absolute atomic E-state index is 12.6. The second-order valence-electron chi connectivity index (χ2n) is 6.52. The van der Waals surface area contributed by atoms with Gasteiger partial charge in [-0.15, -0.1) is 0 Å². The van der Waals surface area contributed by atoms with Gasteiger partial charge < -0.3 is 20.2 Å². The molecule has 0 bridgehead atoms. The van der Waals surface area contributed by atoms with Gasteiger partial charge in [0.2, 0.25) is 5.91 Å². The first-order valence-corrected chi connectivity index (χ1v) is 9.36. The van der Waals surface area contributed by atoms with Crippen LogP contribution in [0.5, 0.6) is 0 Å². The van der Waals surface area contributed by atoms with E-state index in [1.807, 2.05) is 44.2 Å². The minimum atomic E-state index is -0.733. The number of carbonyl (C=O) groups is 2. The van der Waals surface area contributed by atoms with E-state index in [1.54, 1.807) is 0 Å². The van der Waals surface area contributed by atoms with E-state index in [0.29, 0.717) is 30.6 Å². The molecule has 0 radical (unpaired) electrons. The van der Waals surface area contributed by atoms with Crippen LogP contribution >= 0.6 is 15.9 Å². The Kier molecular flexibility index (Phi) is 7.90. The molecule has 2 atom stereocenters. The Bertz CT molecular complexity index is 637. The molecule has 0 saturated carbocycles. The Balaban J connectivity index is 1.92. The molecule has 142 valence electrons. The molecule has 1 unspecified atom stereocenters. The molecule has 0 fully saturated rings. The Hall–Kier alpha value is -2.09. The monoisotopic (exact) mass is 425 g/mol. The third-order valence-corrected chi connectivity index (χ3v) is 4.11. The lowest BCUT2D eigenvalue weighted by Crippen LogP contribution is -2.49. The Morgan fingerprint density at radius 3 is 2.69 bits per heavy atom. The fourth-order valence-electron chi connectivity index (χ4n) is 2.33. The highest BCUT2D eigenvalue weighted by Gasteiger charge is 2.25. The summed E-state index contributed by atoms with van der Waals surface area (Å²) in [6.45, 7) is 4.50. The summed E-state index contributed by atoms with van der Waals surface area (Å²) in [6, 6.07) is 8.77. The summed E-state index contributed by atoms with van der Waals surface area (Å²) in [6.07, 6.45) is 0.166. The normalized spacial score (nSPS) is 17.2. The lowest BCUT2D eigenvalue weighted by Gasteiger charge is -2.19. The number of alkyl carbamates (subject to hydrolysis) is 1. The van der Waals surface area contributed by atoms with Crippen molar-refractivity contribution in [2.24, 2.45) is 11.1 Å². The van der Waals surface area contributed by atoms with Crippen molar-refractivity contribution in [1.29, 1.82) is 0 Å². The van der Waals surface area contributed by atoms with Gasteiger partial charge in [0, 0.05) is 12.8 Å². The number of carbonyl (C=O) groups excluding carboxylic acids is 2. The van der Waals surface area contributed by atoms with Gasteiger partial charge in [-0.25, -0.2) is 4.79 Å². The lowest BCUT2D eigenvalue weighted by atomic mass is 10.1. The average Bonchev–Trinajstić information content (AvgIpc) is 3.03. The van der Waals surface area contributed by atoms with Gasteiger partial charge in [-0.3, -0.25) is 4.79 Å². The zero-order chi connectivity index (χ0) is 18.9. The van der Waals surface area contributed by atoms with E-state index in [4.69, 9.17) is 9.57 Å². The van der Waals surface area contributed by atoms with Crippen LogP contribution in [0.15, 0.2) is 35.5 Å². The second kappa shape index (κ2) is 10.2. The molecule has 2 rings (SSSR count). The molecule has 1 aliphatic heterocycles. The van der Waals surface area contributed by atoms with Gasteiger partial charge >= 0.3 is 6.09 Å². The minimum Gasteiger partial charge on any atom is -0.449 e. The molecule has 2 N–H and O–H groups in total. The van der Waals surface area contributed by atoms with E-state index in [0.717, 1.165) is 5.56 Å².